The first-order valence-corrected chi connectivity index (χ1v) is 13.8. The molecule has 0 fully saturated rings. The Morgan fingerprint density at radius 3 is 2.62 bits per heavy atom. The fraction of sp³-hybridized carbons (Fsp3) is 0.333. The molecule has 4 aromatic rings. The molecule has 0 saturated carbocycles. The van der Waals surface area contributed by atoms with E-state index >= 15 is 0 Å². The second-order valence-electron chi connectivity index (χ2n) is 11.3. The number of carbonyl (C=O) groups excluding carboxylic acids is 1. The van der Waals surface area contributed by atoms with Crippen LogP contribution in [-0.4, -0.2) is 33.0 Å². The first kappa shape index (κ1) is 26.1. The van der Waals surface area contributed by atoms with Crippen LogP contribution in [0.25, 0.3) is 6.08 Å². The molecule has 0 radical (unpaired) electrons. The van der Waals surface area contributed by atoms with Crippen LogP contribution in [0.4, 0.5) is 0 Å². The van der Waals surface area contributed by atoms with Gasteiger partial charge in [-0.1, -0.05) is 37.3 Å². The molecular formula is C33H34N2O5. The number of aliphatic hydroxyl groups excluding tert-OH is 1. The zero-order valence-electron chi connectivity index (χ0n) is 23.1. The molecule has 0 unspecified atom stereocenters. The van der Waals surface area contributed by atoms with E-state index in [1.165, 1.54) is 17.2 Å². The fourth-order valence-corrected chi connectivity index (χ4v) is 5.91. The summed E-state index contributed by atoms with van der Waals surface area (Å²) >= 11 is 0. The molecule has 7 heteroatoms. The number of aromatic nitrogens is 1. The highest BCUT2D eigenvalue weighted by Gasteiger charge is 2.39. The normalized spacial score (nSPS) is 18.5. The lowest BCUT2D eigenvalue weighted by Crippen LogP contribution is -2.49. The maximum atomic E-state index is 13.1. The number of ether oxygens (including phenoxy) is 1. The van der Waals surface area contributed by atoms with Crippen LogP contribution in [0.15, 0.2) is 75.8 Å². The van der Waals surface area contributed by atoms with Crippen LogP contribution in [-0.2, 0) is 42.6 Å². The Morgan fingerprint density at radius 1 is 1.15 bits per heavy atom. The summed E-state index contributed by atoms with van der Waals surface area (Å²) < 4.78 is 17.6. The third-order valence-electron chi connectivity index (χ3n) is 8.19. The number of furan rings is 1. The van der Waals surface area contributed by atoms with Crippen molar-refractivity contribution in [3.8, 4) is 5.75 Å². The van der Waals surface area contributed by atoms with Gasteiger partial charge >= 0.3 is 0 Å². The number of nitrogens with zero attached hydrogens (tertiary/aromatic N) is 2. The minimum absolute atomic E-state index is 0.166. The number of oxazole rings is 1. The third-order valence-corrected chi connectivity index (χ3v) is 8.19. The number of hydrogen-bond acceptors (Lipinski definition) is 6. The lowest BCUT2D eigenvalue weighted by atomic mass is 9.87. The van der Waals surface area contributed by atoms with Crippen molar-refractivity contribution in [2.24, 2.45) is 0 Å². The first-order valence-electron chi connectivity index (χ1n) is 13.8. The van der Waals surface area contributed by atoms with E-state index in [2.05, 4.69) is 31.2 Å². The van der Waals surface area contributed by atoms with Crippen LogP contribution < -0.4 is 4.74 Å². The molecule has 6 rings (SSSR count). The van der Waals surface area contributed by atoms with E-state index < -0.39 is 6.10 Å². The van der Waals surface area contributed by atoms with Crippen molar-refractivity contribution in [3.63, 3.8) is 0 Å². The van der Waals surface area contributed by atoms with Gasteiger partial charge in [-0.25, -0.2) is 4.98 Å². The number of benzene rings is 2. The zero-order chi connectivity index (χ0) is 27.9. The van der Waals surface area contributed by atoms with Gasteiger partial charge in [0.05, 0.1) is 23.8 Å². The Kier molecular flexibility index (Phi) is 6.84. The monoisotopic (exact) mass is 538 g/mol. The van der Waals surface area contributed by atoms with Crippen molar-refractivity contribution >= 4 is 12.0 Å². The van der Waals surface area contributed by atoms with Gasteiger partial charge in [-0.2, -0.15) is 0 Å². The summed E-state index contributed by atoms with van der Waals surface area (Å²) in [5, 5.41) is 10.4. The van der Waals surface area contributed by atoms with Crippen LogP contribution in [0.5, 0.6) is 5.75 Å². The van der Waals surface area contributed by atoms with Gasteiger partial charge in [0.25, 0.3) is 0 Å². The van der Waals surface area contributed by atoms with Crippen molar-refractivity contribution in [1.29, 1.82) is 0 Å². The van der Waals surface area contributed by atoms with Gasteiger partial charge in [-0.15, -0.1) is 0 Å². The molecule has 0 bridgehead atoms. The fourth-order valence-electron chi connectivity index (χ4n) is 5.91. The van der Waals surface area contributed by atoms with Gasteiger partial charge in [0.2, 0.25) is 11.8 Å². The summed E-state index contributed by atoms with van der Waals surface area (Å²) in [6.45, 7) is 6.55. The maximum absolute atomic E-state index is 13.1. The molecule has 40 heavy (non-hydrogen) atoms. The van der Waals surface area contributed by atoms with E-state index in [1.807, 2.05) is 25.1 Å². The highest BCUT2D eigenvalue weighted by molar-refractivity contribution is 5.92. The van der Waals surface area contributed by atoms with E-state index in [1.54, 1.807) is 36.3 Å². The molecule has 1 N–H and O–H groups in total. The summed E-state index contributed by atoms with van der Waals surface area (Å²) in [4.78, 5) is 19.7. The molecule has 7 nitrogen and oxygen atoms in total. The van der Waals surface area contributed by atoms with Crippen molar-refractivity contribution < 1.29 is 23.5 Å². The maximum Gasteiger partial charge on any atom is 0.247 e. The van der Waals surface area contributed by atoms with Gasteiger partial charge in [-0.3, -0.25) is 4.79 Å². The summed E-state index contributed by atoms with van der Waals surface area (Å²) in [7, 11) is 0. The summed E-state index contributed by atoms with van der Waals surface area (Å²) in [5.74, 6) is 2.66. The van der Waals surface area contributed by atoms with Gasteiger partial charge in [0.1, 0.15) is 29.6 Å². The smallest absolute Gasteiger partial charge is 0.247 e. The molecule has 1 aliphatic heterocycles. The second-order valence-corrected chi connectivity index (χ2v) is 11.3. The van der Waals surface area contributed by atoms with Crippen molar-refractivity contribution in [2.45, 2.75) is 70.7 Å². The van der Waals surface area contributed by atoms with Crippen LogP contribution >= 0.6 is 0 Å². The molecule has 0 saturated heterocycles. The number of amides is 1. The molecule has 2 atom stereocenters. The largest absolute Gasteiger partial charge is 0.487 e. The number of aliphatic hydroxyl groups is 1. The Labute approximate surface area is 234 Å². The number of fused-ring (bicyclic) bond motifs is 2. The SMILES string of the molecule is Cc1oc(C2(C)Cc3ccccc3C2)nc1COc1ccc2c(c1)CN(C(=O)/C=C/c1ccco1)[C@H]([C@@H](C)O)C2. The third kappa shape index (κ3) is 5.09. The standard InChI is InChI=1S/C33H34N2O5/c1-21(36)30-16-23-10-11-28(15-26(23)19-35(30)31(37)13-12-27-9-6-14-38-27)39-20-29-22(2)40-32(34-29)33(3)17-24-7-4-5-8-25(24)18-33/h4-15,21,30,36H,16-20H2,1-3H3/b13-12+/t21-,30+/m1/s1. The minimum Gasteiger partial charge on any atom is -0.487 e. The summed E-state index contributed by atoms with van der Waals surface area (Å²) in [5.41, 5.74) is 5.44. The lowest BCUT2D eigenvalue weighted by molar-refractivity contribution is -0.131. The Hall–Kier alpha value is -4.10. The Balaban J connectivity index is 1.16. The Morgan fingerprint density at radius 2 is 1.93 bits per heavy atom. The second kappa shape index (κ2) is 10.5. The average Bonchev–Trinajstić information content (AvgIpc) is 3.68. The van der Waals surface area contributed by atoms with Crippen LogP contribution in [0, 0.1) is 6.92 Å². The molecule has 206 valence electrons. The van der Waals surface area contributed by atoms with Crippen LogP contribution in [0.2, 0.25) is 0 Å². The van der Waals surface area contributed by atoms with Gasteiger partial charge < -0.3 is 23.6 Å². The number of hydrogen-bond donors (Lipinski definition) is 1. The van der Waals surface area contributed by atoms with E-state index in [-0.39, 0.29) is 17.4 Å². The lowest BCUT2D eigenvalue weighted by Gasteiger charge is -2.38. The van der Waals surface area contributed by atoms with Crippen LogP contribution in [0.3, 0.4) is 0 Å². The van der Waals surface area contributed by atoms with E-state index in [0.717, 1.165) is 41.3 Å². The molecule has 2 aromatic carbocycles. The molecular weight excluding hydrogens is 504 g/mol. The van der Waals surface area contributed by atoms with Crippen molar-refractivity contribution in [1.82, 2.24) is 9.88 Å². The molecule has 3 heterocycles. The van der Waals surface area contributed by atoms with Crippen molar-refractivity contribution in [3.05, 3.63) is 112 Å². The van der Waals surface area contributed by atoms with Gasteiger partial charge in [0, 0.05) is 12.6 Å². The quantitative estimate of drug-likeness (QED) is 0.310. The highest BCUT2D eigenvalue weighted by Crippen LogP contribution is 2.39. The predicted octanol–water partition coefficient (Wildman–Crippen LogP) is 5.56. The van der Waals surface area contributed by atoms with E-state index in [0.29, 0.717) is 31.1 Å². The van der Waals surface area contributed by atoms with Gasteiger partial charge in [-0.05, 0) is 85.7 Å². The van der Waals surface area contributed by atoms with Crippen molar-refractivity contribution in [2.75, 3.05) is 0 Å². The molecule has 1 amide bonds. The number of rotatable bonds is 7. The summed E-state index contributed by atoms with van der Waals surface area (Å²) in [6, 6.07) is 17.7. The van der Waals surface area contributed by atoms with Crippen LogP contribution in [0.1, 0.15) is 59.2 Å². The first-order chi connectivity index (χ1) is 19.3. The molecule has 2 aliphatic rings. The molecule has 2 aromatic heterocycles. The molecule has 0 spiro atoms. The number of carbonyl (C=O) groups is 1. The Bertz CT molecular complexity index is 1520. The number of aryl methyl sites for hydroxylation is 1. The van der Waals surface area contributed by atoms with E-state index in [4.69, 9.17) is 18.6 Å². The highest BCUT2D eigenvalue weighted by atomic mass is 16.5. The topological polar surface area (TPSA) is 88.9 Å². The minimum atomic E-state index is -0.663. The average molecular weight is 539 g/mol. The molecule has 1 aliphatic carbocycles. The predicted molar refractivity (Wildman–Crippen MR) is 151 cm³/mol. The zero-order valence-corrected chi connectivity index (χ0v) is 23.1. The van der Waals surface area contributed by atoms with E-state index in [9.17, 15) is 9.90 Å². The van der Waals surface area contributed by atoms with Gasteiger partial charge in [0.15, 0.2) is 0 Å². The summed E-state index contributed by atoms with van der Waals surface area (Å²) in [6.07, 6.45) is 6.44.